The van der Waals surface area contributed by atoms with Gasteiger partial charge in [0.25, 0.3) is 5.56 Å². The van der Waals surface area contributed by atoms with Crippen LogP contribution < -0.4 is 10.9 Å². The molecule has 3 aromatic rings. The van der Waals surface area contributed by atoms with Crippen LogP contribution in [0.25, 0.3) is 10.9 Å². The SMILES string of the molecule is O=C(CCCn1c(SCC(=O)c2ccc(F)cc2)nc2ccccc2c1=O)NC[C@@H]1CCCO1. The highest BCUT2D eigenvalue weighted by Crippen LogP contribution is 2.20. The van der Waals surface area contributed by atoms with Crippen molar-refractivity contribution < 1.29 is 18.7 Å². The van der Waals surface area contributed by atoms with Gasteiger partial charge in [-0.05, 0) is 55.7 Å². The van der Waals surface area contributed by atoms with Crippen molar-refractivity contribution in [3.63, 3.8) is 0 Å². The van der Waals surface area contributed by atoms with Gasteiger partial charge < -0.3 is 10.1 Å². The smallest absolute Gasteiger partial charge is 0.262 e. The zero-order valence-electron chi connectivity index (χ0n) is 18.7. The van der Waals surface area contributed by atoms with Gasteiger partial charge in [-0.1, -0.05) is 23.9 Å². The van der Waals surface area contributed by atoms with Gasteiger partial charge in [0.15, 0.2) is 10.9 Å². The molecular formula is C25H26FN3O4S. The molecule has 7 nitrogen and oxygen atoms in total. The predicted molar refractivity (Wildman–Crippen MR) is 129 cm³/mol. The number of carbonyl (C=O) groups is 2. The van der Waals surface area contributed by atoms with E-state index in [1.807, 2.05) is 0 Å². The number of thioether (sulfide) groups is 1. The lowest BCUT2D eigenvalue weighted by molar-refractivity contribution is -0.121. The molecular weight excluding hydrogens is 457 g/mol. The van der Waals surface area contributed by atoms with E-state index in [-0.39, 0.29) is 35.5 Å². The molecule has 0 radical (unpaired) electrons. The number of fused-ring (bicyclic) bond motifs is 1. The van der Waals surface area contributed by atoms with Gasteiger partial charge in [-0.15, -0.1) is 0 Å². The standard InChI is InChI=1S/C25H26FN3O4S/c26-18-11-9-17(10-12-18)22(30)16-34-25-28-21-7-2-1-6-20(21)24(32)29(25)13-3-8-23(31)27-15-19-5-4-14-33-19/h1-2,6-7,9-12,19H,3-5,8,13-16H2,(H,27,31)/t19-/m0/s1. The maximum Gasteiger partial charge on any atom is 0.262 e. The van der Waals surface area contributed by atoms with E-state index in [1.54, 1.807) is 24.3 Å². The van der Waals surface area contributed by atoms with Crippen molar-refractivity contribution in [1.82, 2.24) is 14.9 Å². The number of nitrogens with zero attached hydrogens (tertiary/aromatic N) is 2. The molecule has 0 saturated carbocycles. The number of para-hydroxylation sites is 1. The quantitative estimate of drug-likeness (QED) is 0.269. The highest BCUT2D eigenvalue weighted by Gasteiger charge is 2.17. The van der Waals surface area contributed by atoms with Gasteiger partial charge in [-0.2, -0.15) is 0 Å². The van der Waals surface area contributed by atoms with Crippen LogP contribution in [0.3, 0.4) is 0 Å². The highest BCUT2D eigenvalue weighted by atomic mass is 32.2. The van der Waals surface area contributed by atoms with E-state index >= 15 is 0 Å². The monoisotopic (exact) mass is 483 g/mol. The van der Waals surface area contributed by atoms with E-state index in [9.17, 15) is 18.8 Å². The molecule has 9 heteroatoms. The summed E-state index contributed by atoms with van der Waals surface area (Å²) in [5.41, 5.74) is 0.739. The highest BCUT2D eigenvalue weighted by molar-refractivity contribution is 7.99. The summed E-state index contributed by atoms with van der Waals surface area (Å²) in [6, 6.07) is 12.4. The summed E-state index contributed by atoms with van der Waals surface area (Å²) in [4.78, 5) is 42.5. The number of ketones is 1. The van der Waals surface area contributed by atoms with Crippen molar-refractivity contribution in [1.29, 1.82) is 0 Å². The molecule has 1 atom stereocenters. The van der Waals surface area contributed by atoms with Crippen LogP contribution in [0.5, 0.6) is 0 Å². The fraction of sp³-hybridized carbons (Fsp3) is 0.360. The minimum atomic E-state index is -0.408. The van der Waals surface area contributed by atoms with Crippen molar-refractivity contribution in [3.8, 4) is 0 Å². The normalized spacial score (nSPS) is 15.5. The predicted octanol–water partition coefficient (Wildman–Crippen LogP) is 3.59. The second-order valence-corrected chi connectivity index (χ2v) is 9.07. The molecule has 2 aromatic carbocycles. The average Bonchev–Trinajstić information content (AvgIpc) is 3.37. The molecule has 0 spiro atoms. The van der Waals surface area contributed by atoms with Gasteiger partial charge in [0, 0.05) is 31.7 Å². The van der Waals surface area contributed by atoms with Gasteiger partial charge in [-0.3, -0.25) is 19.0 Å². The van der Waals surface area contributed by atoms with E-state index in [0.29, 0.717) is 41.1 Å². The Morgan fingerprint density at radius 3 is 2.74 bits per heavy atom. The summed E-state index contributed by atoms with van der Waals surface area (Å²) in [5, 5.41) is 3.79. The molecule has 1 aliphatic rings. The molecule has 1 saturated heterocycles. The zero-order valence-corrected chi connectivity index (χ0v) is 19.5. The molecule has 178 valence electrons. The fourth-order valence-electron chi connectivity index (χ4n) is 3.82. The summed E-state index contributed by atoms with van der Waals surface area (Å²) in [6.45, 7) is 1.54. The lowest BCUT2D eigenvalue weighted by Gasteiger charge is -2.14. The number of hydrogen-bond acceptors (Lipinski definition) is 6. The Labute approximate surface area is 200 Å². The maximum absolute atomic E-state index is 13.1. The molecule has 34 heavy (non-hydrogen) atoms. The van der Waals surface area contributed by atoms with Crippen LogP contribution in [0, 0.1) is 5.82 Å². The van der Waals surface area contributed by atoms with Crippen LogP contribution in [0.2, 0.25) is 0 Å². The van der Waals surface area contributed by atoms with Crippen LogP contribution in [0.4, 0.5) is 4.39 Å². The number of amides is 1. The van der Waals surface area contributed by atoms with Crippen LogP contribution in [0.15, 0.2) is 58.5 Å². The number of nitrogens with one attached hydrogen (secondary N) is 1. The Morgan fingerprint density at radius 1 is 1.18 bits per heavy atom. The van der Waals surface area contributed by atoms with E-state index in [2.05, 4.69) is 10.3 Å². The number of Topliss-reactive ketones (excluding diaryl/α,β-unsaturated/α-hetero) is 1. The van der Waals surface area contributed by atoms with Crippen molar-refractivity contribution in [2.45, 2.75) is 43.5 Å². The summed E-state index contributed by atoms with van der Waals surface area (Å²) >= 11 is 1.16. The molecule has 1 aromatic heterocycles. The van der Waals surface area contributed by atoms with E-state index < -0.39 is 5.82 Å². The van der Waals surface area contributed by atoms with E-state index in [1.165, 1.54) is 28.8 Å². The summed E-state index contributed by atoms with van der Waals surface area (Å²) in [6.07, 6.45) is 2.78. The summed E-state index contributed by atoms with van der Waals surface area (Å²) < 4.78 is 20.2. The first kappa shape index (κ1) is 24.1. The molecule has 0 aliphatic carbocycles. The lowest BCUT2D eigenvalue weighted by atomic mass is 10.1. The van der Waals surface area contributed by atoms with Crippen molar-refractivity contribution >= 4 is 34.4 Å². The zero-order chi connectivity index (χ0) is 23.9. The number of halogens is 1. The van der Waals surface area contributed by atoms with Gasteiger partial charge in [0.1, 0.15) is 5.82 Å². The number of hydrogen-bond donors (Lipinski definition) is 1. The van der Waals surface area contributed by atoms with Crippen LogP contribution in [0.1, 0.15) is 36.0 Å². The van der Waals surface area contributed by atoms with Crippen molar-refractivity contribution in [2.24, 2.45) is 0 Å². The first-order chi connectivity index (χ1) is 16.5. The first-order valence-corrected chi connectivity index (χ1v) is 12.3. The maximum atomic E-state index is 13.1. The Balaban J connectivity index is 1.43. The minimum Gasteiger partial charge on any atom is -0.376 e. The van der Waals surface area contributed by atoms with Gasteiger partial charge in [0.2, 0.25) is 5.91 Å². The number of rotatable bonds is 10. The Morgan fingerprint density at radius 2 is 1.97 bits per heavy atom. The third-order valence-corrected chi connectivity index (χ3v) is 6.64. The molecule has 2 heterocycles. The molecule has 0 bridgehead atoms. The van der Waals surface area contributed by atoms with Gasteiger partial charge >= 0.3 is 0 Å². The number of aromatic nitrogens is 2. The fourth-order valence-corrected chi connectivity index (χ4v) is 4.74. The summed E-state index contributed by atoms with van der Waals surface area (Å²) in [5.74, 6) is -0.627. The van der Waals surface area contributed by atoms with Crippen LogP contribution in [-0.2, 0) is 16.1 Å². The molecule has 0 unspecified atom stereocenters. The third-order valence-electron chi connectivity index (χ3n) is 5.66. The summed E-state index contributed by atoms with van der Waals surface area (Å²) in [7, 11) is 0. The van der Waals surface area contributed by atoms with E-state index in [4.69, 9.17) is 4.74 Å². The van der Waals surface area contributed by atoms with Crippen molar-refractivity contribution in [2.75, 3.05) is 18.9 Å². The molecule has 4 rings (SSSR count). The third kappa shape index (κ3) is 6.09. The average molecular weight is 484 g/mol. The second kappa shape index (κ2) is 11.4. The minimum absolute atomic E-state index is 0.0539. The van der Waals surface area contributed by atoms with Crippen LogP contribution in [-0.4, -0.2) is 46.2 Å². The molecule has 1 aliphatic heterocycles. The Hall–Kier alpha value is -3.04. The van der Waals surface area contributed by atoms with Crippen LogP contribution >= 0.6 is 11.8 Å². The number of benzene rings is 2. The first-order valence-electron chi connectivity index (χ1n) is 11.3. The molecule has 1 fully saturated rings. The second-order valence-electron chi connectivity index (χ2n) is 8.13. The van der Waals surface area contributed by atoms with Crippen molar-refractivity contribution in [3.05, 3.63) is 70.3 Å². The molecule has 1 N–H and O–H groups in total. The van der Waals surface area contributed by atoms with Gasteiger partial charge in [-0.25, -0.2) is 9.37 Å². The Bertz CT molecular complexity index is 1220. The topological polar surface area (TPSA) is 90.3 Å². The molecule has 1 amide bonds. The van der Waals surface area contributed by atoms with Gasteiger partial charge in [0.05, 0.1) is 22.8 Å². The van der Waals surface area contributed by atoms with E-state index in [0.717, 1.165) is 31.2 Å². The lowest BCUT2D eigenvalue weighted by Crippen LogP contribution is -2.32. The largest absolute Gasteiger partial charge is 0.376 e. The number of carbonyl (C=O) groups excluding carboxylic acids is 2. The Kier molecular flexibility index (Phi) is 8.08. The number of ether oxygens (including phenoxy) is 1.